The van der Waals surface area contributed by atoms with Crippen molar-refractivity contribution in [2.45, 2.75) is 18.8 Å². The number of aryl methyl sites for hydroxylation is 1. The number of hydrogen-bond acceptors (Lipinski definition) is 1. The predicted octanol–water partition coefficient (Wildman–Crippen LogP) is 2.25. The summed E-state index contributed by atoms with van der Waals surface area (Å²) in [5.74, 6) is 0.763. The lowest BCUT2D eigenvalue weighted by atomic mass is 9.92. The van der Waals surface area contributed by atoms with E-state index in [1.807, 2.05) is 0 Å². The van der Waals surface area contributed by atoms with Crippen LogP contribution in [0.2, 0.25) is 0 Å². The Morgan fingerprint density at radius 2 is 2.15 bits per heavy atom. The average molecular weight is 243 g/mol. The lowest BCUT2D eigenvalue weighted by Crippen LogP contribution is -2.26. The van der Waals surface area contributed by atoms with Crippen LogP contribution in [0, 0.1) is 0 Å². The van der Waals surface area contributed by atoms with Gasteiger partial charge in [-0.3, -0.25) is 0 Å². The molecular formula is C10H15BrN2. The first-order valence-corrected chi connectivity index (χ1v) is 5.59. The number of hydrogen-bond donors (Lipinski definition) is 1. The van der Waals surface area contributed by atoms with Crippen LogP contribution in [-0.2, 0) is 7.05 Å². The number of halogens is 1. The second kappa shape index (κ2) is 3.84. The molecule has 2 rings (SSSR count). The summed E-state index contributed by atoms with van der Waals surface area (Å²) in [7, 11) is 2.08. The third kappa shape index (κ3) is 1.97. The van der Waals surface area contributed by atoms with Crippen LogP contribution >= 0.6 is 15.9 Å². The Hall–Kier alpha value is -0.280. The minimum absolute atomic E-state index is 0.763. The summed E-state index contributed by atoms with van der Waals surface area (Å²) < 4.78 is 3.32. The highest BCUT2D eigenvalue weighted by Crippen LogP contribution is 2.27. The van der Waals surface area contributed by atoms with E-state index in [2.05, 4.69) is 45.1 Å². The SMILES string of the molecule is Cn1cc(C2CCNCC2)cc1Br. The highest BCUT2D eigenvalue weighted by atomic mass is 79.9. The Morgan fingerprint density at radius 3 is 2.69 bits per heavy atom. The summed E-state index contributed by atoms with van der Waals surface area (Å²) in [4.78, 5) is 0. The minimum atomic E-state index is 0.763. The molecule has 1 aromatic rings. The smallest absolute Gasteiger partial charge is 0.0846 e. The highest BCUT2D eigenvalue weighted by molar-refractivity contribution is 9.10. The monoisotopic (exact) mass is 242 g/mol. The molecule has 72 valence electrons. The standard InChI is InChI=1S/C10H15BrN2/c1-13-7-9(6-10(13)11)8-2-4-12-5-3-8/h6-8,12H,2-5H2,1H3. The molecule has 0 amide bonds. The molecule has 1 aliphatic rings. The van der Waals surface area contributed by atoms with E-state index in [9.17, 15) is 0 Å². The summed E-state index contributed by atoms with van der Waals surface area (Å²) in [6, 6.07) is 2.25. The van der Waals surface area contributed by atoms with E-state index in [1.165, 1.54) is 23.0 Å². The number of nitrogens with zero attached hydrogens (tertiary/aromatic N) is 1. The van der Waals surface area contributed by atoms with Crippen LogP contribution in [0.4, 0.5) is 0 Å². The summed E-state index contributed by atoms with van der Waals surface area (Å²) in [5, 5.41) is 3.39. The molecule has 0 aliphatic carbocycles. The Labute approximate surface area is 87.5 Å². The Bertz CT molecular complexity index is 268. The number of piperidine rings is 1. The fraction of sp³-hybridized carbons (Fsp3) is 0.600. The average Bonchev–Trinajstić information content (AvgIpc) is 2.49. The van der Waals surface area contributed by atoms with Gasteiger partial charge >= 0.3 is 0 Å². The van der Waals surface area contributed by atoms with Gasteiger partial charge in [-0.05, 0) is 59.4 Å². The van der Waals surface area contributed by atoms with Crippen molar-refractivity contribution in [3.05, 3.63) is 22.4 Å². The van der Waals surface area contributed by atoms with Gasteiger partial charge in [0.1, 0.15) is 0 Å². The molecule has 0 bridgehead atoms. The van der Waals surface area contributed by atoms with Crippen LogP contribution in [0.5, 0.6) is 0 Å². The summed E-state index contributed by atoms with van der Waals surface area (Å²) in [6.45, 7) is 2.33. The molecule has 0 aromatic carbocycles. The highest BCUT2D eigenvalue weighted by Gasteiger charge is 2.16. The van der Waals surface area contributed by atoms with Gasteiger partial charge in [-0.15, -0.1) is 0 Å². The molecule has 0 atom stereocenters. The fourth-order valence-electron chi connectivity index (χ4n) is 1.94. The van der Waals surface area contributed by atoms with Crippen LogP contribution in [0.15, 0.2) is 16.9 Å². The van der Waals surface area contributed by atoms with Crippen molar-refractivity contribution in [2.75, 3.05) is 13.1 Å². The maximum Gasteiger partial charge on any atom is 0.0846 e. The van der Waals surface area contributed by atoms with Gasteiger partial charge in [-0.25, -0.2) is 0 Å². The number of nitrogens with one attached hydrogen (secondary N) is 1. The van der Waals surface area contributed by atoms with Crippen molar-refractivity contribution in [1.29, 1.82) is 0 Å². The third-order valence-electron chi connectivity index (χ3n) is 2.78. The minimum Gasteiger partial charge on any atom is -0.345 e. The molecule has 1 aromatic heterocycles. The van der Waals surface area contributed by atoms with Gasteiger partial charge in [0.2, 0.25) is 0 Å². The Kier molecular flexibility index (Phi) is 2.74. The van der Waals surface area contributed by atoms with Crippen LogP contribution < -0.4 is 5.32 Å². The molecule has 0 radical (unpaired) electrons. The largest absolute Gasteiger partial charge is 0.345 e. The molecular weight excluding hydrogens is 228 g/mol. The maximum atomic E-state index is 3.53. The number of rotatable bonds is 1. The second-order valence-electron chi connectivity index (χ2n) is 3.73. The van der Waals surface area contributed by atoms with Crippen LogP contribution in [0.1, 0.15) is 24.3 Å². The van der Waals surface area contributed by atoms with Gasteiger partial charge in [0.25, 0.3) is 0 Å². The molecule has 1 aliphatic heterocycles. The van der Waals surface area contributed by atoms with Gasteiger partial charge in [-0.1, -0.05) is 0 Å². The van der Waals surface area contributed by atoms with Crippen molar-refractivity contribution >= 4 is 15.9 Å². The van der Waals surface area contributed by atoms with E-state index in [0.717, 1.165) is 19.0 Å². The maximum absolute atomic E-state index is 3.53. The zero-order chi connectivity index (χ0) is 9.26. The van der Waals surface area contributed by atoms with Gasteiger partial charge in [-0.2, -0.15) is 0 Å². The van der Waals surface area contributed by atoms with Crippen molar-refractivity contribution in [1.82, 2.24) is 9.88 Å². The zero-order valence-corrected chi connectivity index (χ0v) is 9.47. The molecule has 2 nitrogen and oxygen atoms in total. The van der Waals surface area contributed by atoms with Crippen molar-refractivity contribution in [3.63, 3.8) is 0 Å². The normalized spacial score (nSPS) is 19.2. The summed E-state index contributed by atoms with van der Waals surface area (Å²) >= 11 is 3.53. The topological polar surface area (TPSA) is 17.0 Å². The van der Waals surface area contributed by atoms with Gasteiger partial charge in [0, 0.05) is 13.2 Å². The molecule has 0 unspecified atom stereocenters. The second-order valence-corrected chi connectivity index (χ2v) is 4.54. The van der Waals surface area contributed by atoms with E-state index in [-0.39, 0.29) is 0 Å². The first kappa shape index (κ1) is 9.28. The molecule has 2 heterocycles. The van der Waals surface area contributed by atoms with Crippen LogP contribution in [0.3, 0.4) is 0 Å². The molecule has 1 N–H and O–H groups in total. The van der Waals surface area contributed by atoms with Crippen molar-refractivity contribution in [3.8, 4) is 0 Å². The molecule has 0 spiro atoms. The summed E-state index contributed by atoms with van der Waals surface area (Å²) in [6.07, 6.45) is 4.78. The molecule has 13 heavy (non-hydrogen) atoms. The van der Waals surface area contributed by atoms with Gasteiger partial charge in [0.05, 0.1) is 4.60 Å². The van der Waals surface area contributed by atoms with Gasteiger partial charge in [0.15, 0.2) is 0 Å². The number of aromatic nitrogens is 1. The van der Waals surface area contributed by atoms with E-state index in [4.69, 9.17) is 0 Å². The van der Waals surface area contributed by atoms with Crippen LogP contribution in [0.25, 0.3) is 0 Å². The lowest BCUT2D eigenvalue weighted by Gasteiger charge is -2.21. The quantitative estimate of drug-likeness (QED) is 0.800. The predicted molar refractivity (Wildman–Crippen MR) is 58.0 cm³/mol. The Balaban J connectivity index is 2.14. The van der Waals surface area contributed by atoms with E-state index < -0.39 is 0 Å². The van der Waals surface area contributed by atoms with Crippen LogP contribution in [-0.4, -0.2) is 17.7 Å². The van der Waals surface area contributed by atoms with Crippen molar-refractivity contribution < 1.29 is 0 Å². The van der Waals surface area contributed by atoms with Crippen molar-refractivity contribution in [2.24, 2.45) is 7.05 Å². The van der Waals surface area contributed by atoms with E-state index in [1.54, 1.807) is 0 Å². The first-order valence-electron chi connectivity index (χ1n) is 4.80. The first-order chi connectivity index (χ1) is 6.27. The summed E-state index contributed by atoms with van der Waals surface area (Å²) in [5.41, 5.74) is 1.48. The fourth-order valence-corrected chi connectivity index (χ4v) is 2.31. The van der Waals surface area contributed by atoms with E-state index in [0.29, 0.717) is 0 Å². The Morgan fingerprint density at radius 1 is 1.46 bits per heavy atom. The molecule has 3 heteroatoms. The zero-order valence-electron chi connectivity index (χ0n) is 7.89. The van der Waals surface area contributed by atoms with Gasteiger partial charge < -0.3 is 9.88 Å². The third-order valence-corrected chi connectivity index (χ3v) is 3.56. The molecule has 1 fully saturated rings. The van der Waals surface area contributed by atoms with E-state index >= 15 is 0 Å². The molecule has 1 saturated heterocycles. The molecule has 0 saturated carbocycles. The lowest BCUT2D eigenvalue weighted by molar-refractivity contribution is 0.460.